The Morgan fingerprint density at radius 2 is 2.31 bits per heavy atom. The smallest absolute Gasteiger partial charge is 0.191 e. The van der Waals surface area contributed by atoms with Crippen molar-refractivity contribution in [3.63, 3.8) is 0 Å². The molecule has 1 aromatic heterocycles. The summed E-state index contributed by atoms with van der Waals surface area (Å²) in [5.74, 6) is 1.65. The fourth-order valence-electron chi connectivity index (χ4n) is 1.77. The number of nitrogens with two attached hydrogens (primary N) is 1. The predicted octanol–water partition coefficient (Wildman–Crippen LogP) is 0.947. The number of aryl methyl sites for hydroxylation is 1. The number of nitriles is 1. The Balaban J connectivity index is 2.05. The molecule has 1 atom stereocenters. The second-order valence-corrected chi connectivity index (χ2v) is 4.89. The number of aromatic nitrogens is 3. The third-order valence-electron chi connectivity index (χ3n) is 2.63. The van der Waals surface area contributed by atoms with Gasteiger partial charge in [0.05, 0.1) is 6.07 Å². The number of hydrogen-bond acceptors (Lipinski definition) is 5. The van der Waals surface area contributed by atoms with E-state index in [1.54, 1.807) is 0 Å². The van der Waals surface area contributed by atoms with Crippen LogP contribution in [-0.2, 0) is 13.0 Å². The highest BCUT2D eigenvalue weighted by Gasteiger charge is 2.15. The van der Waals surface area contributed by atoms with E-state index in [-0.39, 0.29) is 0 Å². The van der Waals surface area contributed by atoms with Crippen LogP contribution in [0.15, 0.2) is 5.16 Å². The van der Waals surface area contributed by atoms with Crippen LogP contribution >= 0.6 is 11.8 Å². The van der Waals surface area contributed by atoms with Crippen molar-refractivity contribution in [1.82, 2.24) is 14.8 Å². The molecule has 0 amide bonds. The largest absolute Gasteiger partial charge is 0.315 e. The Hall–Kier alpha value is -1.06. The molecular weight excluding hydrogens is 222 g/mol. The summed E-state index contributed by atoms with van der Waals surface area (Å²) in [5.41, 5.74) is 5.56. The SMILES string of the molecule is N#CC(N)CSc1nnc2n1CCCCC2. The summed E-state index contributed by atoms with van der Waals surface area (Å²) in [7, 11) is 0. The summed E-state index contributed by atoms with van der Waals surface area (Å²) in [5, 5.41) is 17.9. The molecule has 0 saturated carbocycles. The normalized spacial score (nSPS) is 17.2. The molecule has 2 N–H and O–H groups in total. The van der Waals surface area contributed by atoms with Gasteiger partial charge in [-0.15, -0.1) is 10.2 Å². The van der Waals surface area contributed by atoms with Gasteiger partial charge in [-0.05, 0) is 12.8 Å². The summed E-state index contributed by atoms with van der Waals surface area (Å²) in [6.45, 7) is 0.993. The number of rotatable bonds is 3. The molecule has 16 heavy (non-hydrogen) atoms. The van der Waals surface area contributed by atoms with Gasteiger partial charge in [0, 0.05) is 18.7 Å². The van der Waals surface area contributed by atoms with Crippen LogP contribution in [0, 0.1) is 11.3 Å². The lowest BCUT2D eigenvalue weighted by molar-refractivity contribution is 0.590. The van der Waals surface area contributed by atoms with Crippen LogP contribution in [0.2, 0.25) is 0 Å². The lowest BCUT2D eigenvalue weighted by Gasteiger charge is -2.06. The Kier molecular flexibility index (Phi) is 3.80. The Bertz CT molecular complexity index is 394. The molecule has 86 valence electrons. The zero-order chi connectivity index (χ0) is 11.4. The van der Waals surface area contributed by atoms with E-state index in [4.69, 9.17) is 11.0 Å². The summed E-state index contributed by atoms with van der Waals surface area (Å²) < 4.78 is 2.17. The van der Waals surface area contributed by atoms with Gasteiger partial charge >= 0.3 is 0 Å². The van der Waals surface area contributed by atoms with Gasteiger partial charge in [0.2, 0.25) is 0 Å². The molecule has 0 fully saturated rings. The number of nitrogens with zero attached hydrogens (tertiary/aromatic N) is 4. The lowest BCUT2D eigenvalue weighted by Crippen LogP contribution is -2.20. The highest BCUT2D eigenvalue weighted by Crippen LogP contribution is 2.21. The zero-order valence-corrected chi connectivity index (χ0v) is 9.91. The molecule has 1 aliphatic heterocycles. The molecule has 1 aromatic rings. The summed E-state index contributed by atoms with van der Waals surface area (Å²) in [4.78, 5) is 0. The minimum absolute atomic E-state index is 0.427. The molecule has 0 bridgehead atoms. The van der Waals surface area contributed by atoms with E-state index in [0.717, 1.165) is 23.9 Å². The van der Waals surface area contributed by atoms with Gasteiger partial charge in [-0.2, -0.15) is 5.26 Å². The third kappa shape index (κ3) is 2.54. The first-order valence-corrected chi connectivity index (χ1v) is 6.50. The van der Waals surface area contributed by atoms with Crippen molar-refractivity contribution in [2.75, 3.05) is 5.75 Å². The van der Waals surface area contributed by atoms with Gasteiger partial charge in [0.25, 0.3) is 0 Å². The molecule has 1 unspecified atom stereocenters. The van der Waals surface area contributed by atoms with E-state index < -0.39 is 6.04 Å². The standard InChI is InChI=1S/C10H15N5S/c11-6-8(12)7-16-10-14-13-9-4-2-1-3-5-15(9)10/h8H,1-5,7,12H2. The van der Waals surface area contributed by atoms with Crippen molar-refractivity contribution in [3.8, 4) is 6.07 Å². The first-order chi connectivity index (χ1) is 7.81. The quantitative estimate of drug-likeness (QED) is 0.791. The Morgan fingerprint density at radius 3 is 3.12 bits per heavy atom. The molecule has 6 heteroatoms. The van der Waals surface area contributed by atoms with Crippen molar-refractivity contribution in [2.45, 2.75) is 43.4 Å². The van der Waals surface area contributed by atoms with Gasteiger partial charge in [0.15, 0.2) is 5.16 Å². The van der Waals surface area contributed by atoms with Crippen LogP contribution in [0.4, 0.5) is 0 Å². The Morgan fingerprint density at radius 1 is 1.44 bits per heavy atom. The second-order valence-electron chi connectivity index (χ2n) is 3.91. The number of hydrogen-bond donors (Lipinski definition) is 1. The zero-order valence-electron chi connectivity index (χ0n) is 9.09. The van der Waals surface area contributed by atoms with E-state index in [1.165, 1.54) is 31.0 Å². The summed E-state index contributed by atoms with van der Waals surface area (Å²) >= 11 is 1.53. The van der Waals surface area contributed by atoms with Gasteiger partial charge in [-0.25, -0.2) is 0 Å². The van der Waals surface area contributed by atoms with E-state index in [9.17, 15) is 0 Å². The third-order valence-corrected chi connectivity index (χ3v) is 3.72. The average molecular weight is 237 g/mol. The van der Waals surface area contributed by atoms with Crippen LogP contribution in [0.5, 0.6) is 0 Å². The first-order valence-electron chi connectivity index (χ1n) is 5.51. The van der Waals surface area contributed by atoms with Crippen LogP contribution in [0.25, 0.3) is 0 Å². The maximum atomic E-state index is 8.62. The van der Waals surface area contributed by atoms with Crippen molar-refractivity contribution in [2.24, 2.45) is 5.73 Å². The Labute approximate surface area is 99.0 Å². The van der Waals surface area contributed by atoms with E-state index in [2.05, 4.69) is 14.8 Å². The van der Waals surface area contributed by atoms with Crippen LogP contribution in [0.1, 0.15) is 25.1 Å². The first kappa shape index (κ1) is 11.4. The molecule has 1 aliphatic rings. The predicted molar refractivity (Wildman–Crippen MR) is 61.9 cm³/mol. The van der Waals surface area contributed by atoms with Crippen molar-refractivity contribution in [3.05, 3.63) is 5.82 Å². The van der Waals surface area contributed by atoms with Crippen LogP contribution in [0.3, 0.4) is 0 Å². The van der Waals surface area contributed by atoms with Gasteiger partial charge in [-0.3, -0.25) is 0 Å². The monoisotopic (exact) mass is 237 g/mol. The minimum atomic E-state index is -0.427. The number of fused-ring (bicyclic) bond motifs is 1. The molecule has 0 aliphatic carbocycles. The van der Waals surface area contributed by atoms with Crippen molar-refractivity contribution in [1.29, 1.82) is 5.26 Å². The van der Waals surface area contributed by atoms with E-state index in [1.807, 2.05) is 6.07 Å². The van der Waals surface area contributed by atoms with Gasteiger partial charge < -0.3 is 10.3 Å². The highest BCUT2D eigenvalue weighted by atomic mass is 32.2. The van der Waals surface area contributed by atoms with Crippen LogP contribution in [-0.4, -0.2) is 26.6 Å². The topological polar surface area (TPSA) is 80.5 Å². The minimum Gasteiger partial charge on any atom is -0.315 e. The summed E-state index contributed by atoms with van der Waals surface area (Å²) in [6.07, 6.45) is 4.65. The highest BCUT2D eigenvalue weighted by molar-refractivity contribution is 7.99. The fourth-order valence-corrected chi connectivity index (χ4v) is 2.62. The molecule has 2 heterocycles. The second kappa shape index (κ2) is 5.32. The average Bonchev–Trinajstić information content (AvgIpc) is 2.54. The molecule has 0 spiro atoms. The number of thioether (sulfide) groups is 1. The maximum absolute atomic E-state index is 8.62. The molecule has 0 aromatic carbocycles. The maximum Gasteiger partial charge on any atom is 0.191 e. The van der Waals surface area contributed by atoms with Gasteiger partial charge in [0.1, 0.15) is 11.9 Å². The van der Waals surface area contributed by atoms with Crippen molar-refractivity contribution >= 4 is 11.8 Å². The lowest BCUT2D eigenvalue weighted by atomic mass is 10.2. The molecule has 0 radical (unpaired) electrons. The summed E-state index contributed by atoms with van der Waals surface area (Å²) in [6, 6.07) is 1.59. The molecule has 0 saturated heterocycles. The molecule has 2 rings (SSSR count). The van der Waals surface area contributed by atoms with E-state index in [0.29, 0.717) is 5.75 Å². The molecule has 5 nitrogen and oxygen atoms in total. The van der Waals surface area contributed by atoms with Crippen LogP contribution < -0.4 is 5.73 Å². The van der Waals surface area contributed by atoms with Crippen molar-refractivity contribution < 1.29 is 0 Å². The fraction of sp³-hybridized carbons (Fsp3) is 0.700. The van der Waals surface area contributed by atoms with Gasteiger partial charge in [-0.1, -0.05) is 18.2 Å². The van der Waals surface area contributed by atoms with E-state index >= 15 is 0 Å². The molecular formula is C10H15N5S.